The third kappa shape index (κ3) is 3.12. The number of hydrogen-bond acceptors (Lipinski definition) is 3. The number of nitrogens with one attached hydrogen (secondary N) is 1. The molecule has 0 radical (unpaired) electrons. The summed E-state index contributed by atoms with van der Waals surface area (Å²) in [6.07, 6.45) is 1.14. The third-order valence-corrected chi connectivity index (χ3v) is 4.59. The number of benzene rings is 2. The van der Waals surface area contributed by atoms with Gasteiger partial charge in [-0.2, -0.15) is 0 Å². The van der Waals surface area contributed by atoms with Crippen molar-refractivity contribution in [2.75, 3.05) is 12.4 Å². The van der Waals surface area contributed by atoms with Crippen molar-refractivity contribution in [2.24, 2.45) is 0 Å². The molecule has 3 nitrogen and oxygen atoms in total. The molecule has 114 valence electrons. The molecule has 0 aromatic heterocycles. The van der Waals surface area contributed by atoms with Crippen LogP contribution in [-0.2, 0) is 11.2 Å². The van der Waals surface area contributed by atoms with Gasteiger partial charge in [-0.05, 0) is 48.7 Å². The Bertz CT molecular complexity index is 738. The fourth-order valence-corrected chi connectivity index (χ4v) is 2.76. The van der Waals surface area contributed by atoms with Gasteiger partial charge in [-0.3, -0.25) is 4.79 Å². The lowest BCUT2D eigenvalue weighted by molar-refractivity contribution is -0.107. The van der Waals surface area contributed by atoms with E-state index in [0.717, 1.165) is 33.1 Å². The van der Waals surface area contributed by atoms with E-state index in [-0.39, 0.29) is 12.2 Å². The maximum Gasteiger partial charge on any atom is 0.195 e. The fourth-order valence-electron chi connectivity index (χ4n) is 2.52. The molecule has 0 saturated heterocycles. The first-order valence-corrected chi connectivity index (χ1v) is 7.83. The Labute approximate surface area is 138 Å². The zero-order valence-electron chi connectivity index (χ0n) is 12.9. The summed E-state index contributed by atoms with van der Waals surface area (Å²) in [5.74, 6) is -0.0369. The van der Waals surface area contributed by atoms with Crippen LogP contribution in [0, 0.1) is 13.8 Å². The molecule has 0 spiro atoms. The van der Waals surface area contributed by atoms with Crippen molar-refractivity contribution in [3.8, 4) is 0 Å². The van der Waals surface area contributed by atoms with E-state index in [2.05, 4.69) is 21.2 Å². The maximum atomic E-state index is 12.9. The van der Waals surface area contributed by atoms with Crippen molar-refractivity contribution in [1.29, 1.82) is 0 Å². The van der Waals surface area contributed by atoms with Gasteiger partial charge in [0.1, 0.15) is 6.29 Å². The van der Waals surface area contributed by atoms with E-state index in [9.17, 15) is 9.59 Å². The topological polar surface area (TPSA) is 46.2 Å². The number of hydrogen-bond donors (Lipinski definition) is 1. The molecule has 1 N–H and O–H groups in total. The molecule has 0 unspecified atom stereocenters. The molecule has 0 fully saturated rings. The summed E-state index contributed by atoms with van der Waals surface area (Å²) in [7, 11) is 1.77. The zero-order valence-corrected chi connectivity index (χ0v) is 14.5. The SMILES string of the molecule is CNc1c(CC=O)ccc(C)c1C(=O)c1ccc(Br)c(C)c1. The van der Waals surface area contributed by atoms with Gasteiger partial charge >= 0.3 is 0 Å². The molecule has 2 aromatic rings. The van der Waals surface area contributed by atoms with E-state index in [1.54, 1.807) is 7.05 Å². The zero-order chi connectivity index (χ0) is 16.3. The standard InChI is InChI=1S/C18H18BrNO2/c1-11-4-5-13(8-9-21)17(20-3)16(11)18(22)14-6-7-15(19)12(2)10-14/h4-7,9-10,20H,8H2,1-3H3. The van der Waals surface area contributed by atoms with Crippen molar-refractivity contribution in [2.45, 2.75) is 20.3 Å². The third-order valence-electron chi connectivity index (χ3n) is 3.70. The summed E-state index contributed by atoms with van der Waals surface area (Å²) < 4.78 is 0.976. The minimum atomic E-state index is -0.0369. The second kappa shape index (κ2) is 6.88. The molecule has 4 heteroatoms. The van der Waals surface area contributed by atoms with Gasteiger partial charge in [0.25, 0.3) is 0 Å². The number of carbonyl (C=O) groups is 2. The van der Waals surface area contributed by atoms with Crippen LogP contribution < -0.4 is 5.32 Å². The van der Waals surface area contributed by atoms with Crippen molar-refractivity contribution in [3.05, 3.63) is 62.6 Å². The Morgan fingerprint density at radius 3 is 2.50 bits per heavy atom. The molecular weight excluding hydrogens is 342 g/mol. The highest BCUT2D eigenvalue weighted by molar-refractivity contribution is 9.10. The Balaban J connectivity index is 2.59. The normalized spacial score (nSPS) is 10.4. The molecule has 2 rings (SSSR count). The van der Waals surface area contributed by atoms with Gasteiger partial charge in [-0.1, -0.05) is 28.1 Å². The van der Waals surface area contributed by atoms with E-state index in [0.29, 0.717) is 11.1 Å². The van der Waals surface area contributed by atoms with Crippen LogP contribution in [0.25, 0.3) is 0 Å². The highest BCUT2D eigenvalue weighted by Gasteiger charge is 2.19. The van der Waals surface area contributed by atoms with Crippen molar-refractivity contribution in [1.82, 2.24) is 0 Å². The molecule has 0 amide bonds. The van der Waals surface area contributed by atoms with Gasteiger partial charge in [0.2, 0.25) is 0 Å². The number of ketones is 1. The minimum absolute atomic E-state index is 0.0369. The summed E-state index contributed by atoms with van der Waals surface area (Å²) in [6.45, 7) is 3.86. The number of rotatable bonds is 5. The monoisotopic (exact) mass is 359 g/mol. The Kier molecular flexibility index (Phi) is 5.14. The van der Waals surface area contributed by atoms with E-state index in [1.807, 2.05) is 44.2 Å². The lowest BCUT2D eigenvalue weighted by atomic mass is 9.93. The lowest BCUT2D eigenvalue weighted by Gasteiger charge is -2.15. The van der Waals surface area contributed by atoms with Crippen LogP contribution >= 0.6 is 15.9 Å². The van der Waals surface area contributed by atoms with Crippen LogP contribution in [0.4, 0.5) is 5.69 Å². The second-order valence-electron chi connectivity index (χ2n) is 5.21. The quantitative estimate of drug-likeness (QED) is 0.646. The van der Waals surface area contributed by atoms with Crippen LogP contribution in [0.2, 0.25) is 0 Å². The molecule has 0 bridgehead atoms. The predicted molar refractivity (Wildman–Crippen MR) is 92.8 cm³/mol. The largest absolute Gasteiger partial charge is 0.387 e. The van der Waals surface area contributed by atoms with E-state index >= 15 is 0 Å². The van der Waals surface area contributed by atoms with Crippen LogP contribution in [-0.4, -0.2) is 19.1 Å². The van der Waals surface area contributed by atoms with E-state index in [4.69, 9.17) is 0 Å². The summed E-state index contributed by atoms with van der Waals surface area (Å²) >= 11 is 3.45. The van der Waals surface area contributed by atoms with Gasteiger partial charge in [-0.15, -0.1) is 0 Å². The summed E-state index contributed by atoms with van der Waals surface area (Å²) in [4.78, 5) is 23.8. The van der Waals surface area contributed by atoms with Gasteiger partial charge in [0, 0.05) is 34.8 Å². The molecule has 22 heavy (non-hydrogen) atoms. The first-order valence-electron chi connectivity index (χ1n) is 7.04. The summed E-state index contributed by atoms with van der Waals surface area (Å²) in [5.41, 5.74) is 4.74. The number of aldehydes is 1. The van der Waals surface area contributed by atoms with E-state index in [1.165, 1.54) is 0 Å². The first-order chi connectivity index (χ1) is 10.5. The summed E-state index contributed by atoms with van der Waals surface area (Å²) in [6, 6.07) is 9.34. The van der Waals surface area contributed by atoms with Crippen molar-refractivity contribution >= 4 is 33.7 Å². The van der Waals surface area contributed by atoms with E-state index < -0.39 is 0 Å². The van der Waals surface area contributed by atoms with Crippen LogP contribution in [0.1, 0.15) is 32.6 Å². The number of carbonyl (C=O) groups excluding carboxylic acids is 2. The molecule has 0 saturated carbocycles. The molecule has 2 aromatic carbocycles. The fraction of sp³-hybridized carbons (Fsp3) is 0.222. The Morgan fingerprint density at radius 2 is 1.91 bits per heavy atom. The average Bonchev–Trinajstić information content (AvgIpc) is 2.51. The highest BCUT2D eigenvalue weighted by Crippen LogP contribution is 2.28. The molecule has 0 aliphatic carbocycles. The Hall–Kier alpha value is -1.94. The number of aryl methyl sites for hydroxylation is 2. The molecule has 0 aliphatic rings. The van der Waals surface area contributed by atoms with Crippen LogP contribution in [0.3, 0.4) is 0 Å². The molecule has 0 aliphatic heterocycles. The second-order valence-corrected chi connectivity index (χ2v) is 6.06. The highest BCUT2D eigenvalue weighted by atomic mass is 79.9. The average molecular weight is 360 g/mol. The Morgan fingerprint density at radius 1 is 1.18 bits per heavy atom. The van der Waals surface area contributed by atoms with Crippen LogP contribution in [0.15, 0.2) is 34.8 Å². The minimum Gasteiger partial charge on any atom is -0.387 e. The molecule has 0 heterocycles. The van der Waals surface area contributed by atoms with Gasteiger partial charge in [0.05, 0.1) is 0 Å². The predicted octanol–water partition coefficient (Wildman–Crippen LogP) is 4.08. The van der Waals surface area contributed by atoms with Gasteiger partial charge in [-0.25, -0.2) is 0 Å². The van der Waals surface area contributed by atoms with Gasteiger partial charge < -0.3 is 10.1 Å². The number of anilines is 1. The summed E-state index contributed by atoms with van der Waals surface area (Å²) in [5, 5.41) is 3.08. The first kappa shape index (κ1) is 16.4. The number of halogens is 1. The lowest BCUT2D eigenvalue weighted by Crippen LogP contribution is -2.10. The van der Waals surface area contributed by atoms with Crippen molar-refractivity contribution in [3.63, 3.8) is 0 Å². The maximum absolute atomic E-state index is 12.9. The van der Waals surface area contributed by atoms with Gasteiger partial charge in [0.15, 0.2) is 5.78 Å². The smallest absolute Gasteiger partial charge is 0.195 e. The van der Waals surface area contributed by atoms with Crippen LogP contribution in [0.5, 0.6) is 0 Å². The molecular formula is C18H18BrNO2. The molecule has 0 atom stereocenters. The van der Waals surface area contributed by atoms with Crippen molar-refractivity contribution < 1.29 is 9.59 Å².